The van der Waals surface area contributed by atoms with E-state index in [9.17, 15) is 4.79 Å². The Morgan fingerprint density at radius 3 is 2.47 bits per heavy atom. The minimum absolute atomic E-state index is 0. The van der Waals surface area contributed by atoms with Gasteiger partial charge in [0.05, 0.1) is 0 Å². The average molecular weight is 238 g/mol. The predicted octanol–water partition coefficient (Wildman–Crippen LogP) is 2.67. The second kappa shape index (κ2) is 10.2. The first-order valence-electron chi connectivity index (χ1n) is 5.52. The molecule has 0 amide bonds. The summed E-state index contributed by atoms with van der Waals surface area (Å²) in [5, 5.41) is 8.65. The Labute approximate surface area is 98.8 Å². The maximum absolute atomic E-state index is 10.5. The first kappa shape index (κ1) is 17.1. The van der Waals surface area contributed by atoms with Gasteiger partial charge in [0.25, 0.3) is 0 Å². The van der Waals surface area contributed by atoms with Crippen LogP contribution in [0.5, 0.6) is 0 Å². The summed E-state index contributed by atoms with van der Waals surface area (Å²) >= 11 is 0. The van der Waals surface area contributed by atoms with Crippen LogP contribution in [0, 0.1) is 11.8 Å². The summed E-state index contributed by atoms with van der Waals surface area (Å²) in [5.41, 5.74) is 5.53. The largest absolute Gasteiger partial charge is 0.481 e. The SMILES string of the molecule is CCCC[C@@H](C)C[C@@H](CN)CC(=O)O.Cl. The summed E-state index contributed by atoms with van der Waals surface area (Å²) in [6.45, 7) is 4.84. The number of unbranched alkanes of at least 4 members (excludes halogenated alkanes) is 1. The molecule has 15 heavy (non-hydrogen) atoms. The maximum Gasteiger partial charge on any atom is 0.303 e. The van der Waals surface area contributed by atoms with Gasteiger partial charge in [-0.1, -0.05) is 33.1 Å². The van der Waals surface area contributed by atoms with Crippen LogP contribution < -0.4 is 5.73 Å². The number of carboxylic acids is 1. The van der Waals surface area contributed by atoms with E-state index < -0.39 is 5.97 Å². The summed E-state index contributed by atoms with van der Waals surface area (Å²) < 4.78 is 0. The van der Waals surface area contributed by atoms with E-state index in [-0.39, 0.29) is 24.7 Å². The third kappa shape index (κ3) is 10.0. The molecule has 4 heteroatoms. The van der Waals surface area contributed by atoms with Crippen LogP contribution in [0.15, 0.2) is 0 Å². The van der Waals surface area contributed by atoms with Gasteiger partial charge in [-0.3, -0.25) is 4.79 Å². The molecule has 2 atom stereocenters. The van der Waals surface area contributed by atoms with Crippen molar-refractivity contribution in [3.05, 3.63) is 0 Å². The van der Waals surface area contributed by atoms with Crippen molar-refractivity contribution in [3.8, 4) is 0 Å². The zero-order valence-corrected chi connectivity index (χ0v) is 10.6. The molecule has 0 saturated carbocycles. The fraction of sp³-hybridized carbons (Fsp3) is 0.909. The Morgan fingerprint density at radius 1 is 1.47 bits per heavy atom. The molecule has 0 fully saturated rings. The summed E-state index contributed by atoms with van der Waals surface area (Å²) in [6, 6.07) is 0. The van der Waals surface area contributed by atoms with Gasteiger partial charge < -0.3 is 10.8 Å². The summed E-state index contributed by atoms with van der Waals surface area (Å²) in [7, 11) is 0. The van der Waals surface area contributed by atoms with Gasteiger partial charge in [-0.2, -0.15) is 0 Å². The second-order valence-electron chi connectivity index (χ2n) is 4.18. The highest BCUT2D eigenvalue weighted by Gasteiger charge is 2.14. The lowest BCUT2D eigenvalue weighted by Gasteiger charge is -2.17. The average Bonchev–Trinajstić information content (AvgIpc) is 2.12. The molecule has 0 aliphatic carbocycles. The van der Waals surface area contributed by atoms with Gasteiger partial charge in [-0.15, -0.1) is 12.4 Å². The van der Waals surface area contributed by atoms with Gasteiger partial charge in [0.15, 0.2) is 0 Å². The Hall–Kier alpha value is -0.280. The fourth-order valence-electron chi connectivity index (χ4n) is 1.75. The van der Waals surface area contributed by atoms with Crippen LogP contribution in [0.1, 0.15) is 46.0 Å². The van der Waals surface area contributed by atoms with E-state index in [1.807, 2.05) is 0 Å². The van der Waals surface area contributed by atoms with Crippen molar-refractivity contribution in [3.63, 3.8) is 0 Å². The highest BCUT2D eigenvalue weighted by atomic mass is 35.5. The van der Waals surface area contributed by atoms with Crippen LogP contribution in [0.4, 0.5) is 0 Å². The molecule has 0 spiro atoms. The molecule has 0 bridgehead atoms. The highest BCUT2D eigenvalue weighted by Crippen LogP contribution is 2.19. The molecule has 0 aliphatic rings. The molecular formula is C11H24ClNO2. The molecule has 0 aromatic heterocycles. The van der Waals surface area contributed by atoms with Crippen LogP contribution in [0.2, 0.25) is 0 Å². The van der Waals surface area contributed by atoms with Crippen LogP contribution in [0.3, 0.4) is 0 Å². The van der Waals surface area contributed by atoms with E-state index in [0.717, 1.165) is 6.42 Å². The normalized spacial score (nSPS) is 14.1. The lowest BCUT2D eigenvalue weighted by Crippen LogP contribution is -2.20. The van der Waals surface area contributed by atoms with E-state index in [0.29, 0.717) is 12.5 Å². The molecule has 0 aromatic rings. The Kier molecular flexibility index (Phi) is 11.7. The number of halogens is 1. The van der Waals surface area contributed by atoms with E-state index in [4.69, 9.17) is 10.8 Å². The fourth-order valence-corrected chi connectivity index (χ4v) is 1.75. The third-order valence-electron chi connectivity index (χ3n) is 2.58. The Balaban J connectivity index is 0. The van der Waals surface area contributed by atoms with E-state index in [1.165, 1.54) is 19.3 Å². The number of carboxylic acid groups (broad SMARTS) is 1. The van der Waals surface area contributed by atoms with Crippen molar-refractivity contribution in [1.29, 1.82) is 0 Å². The number of aliphatic carboxylic acids is 1. The zero-order valence-electron chi connectivity index (χ0n) is 9.74. The topological polar surface area (TPSA) is 63.3 Å². The molecule has 3 N–H and O–H groups in total. The molecule has 3 nitrogen and oxygen atoms in total. The van der Waals surface area contributed by atoms with Crippen LogP contribution >= 0.6 is 12.4 Å². The molecule has 0 rings (SSSR count). The first-order chi connectivity index (χ1) is 6.60. The minimum Gasteiger partial charge on any atom is -0.481 e. The van der Waals surface area contributed by atoms with Crippen LogP contribution in [0.25, 0.3) is 0 Å². The molecule has 0 heterocycles. The third-order valence-corrected chi connectivity index (χ3v) is 2.58. The molecule has 0 radical (unpaired) electrons. The molecule has 0 aromatic carbocycles. The molecule has 0 unspecified atom stereocenters. The van der Waals surface area contributed by atoms with Gasteiger partial charge >= 0.3 is 5.97 Å². The number of nitrogens with two attached hydrogens (primary N) is 1. The zero-order chi connectivity index (χ0) is 11.0. The second-order valence-corrected chi connectivity index (χ2v) is 4.18. The van der Waals surface area contributed by atoms with Crippen LogP contribution in [-0.2, 0) is 4.79 Å². The molecular weight excluding hydrogens is 214 g/mol. The van der Waals surface area contributed by atoms with E-state index in [1.54, 1.807) is 0 Å². The number of rotatable bonds is 8. The minimum atomic E-state index is -0.733. The van der Waals surface area contributed by atoms with Crippen molar-refractivity contribution in [2.24, 2.45) is 17.6 Å². The van der Waals surface area contributed by atoms with Gasteiger partial charge in [-0.05, 0) is 24.8 Å². The predicted molar refractivity (Wildman–Crippen MR) is 65.4 cm³/mol. The summed E-state index contributed by atoms with van der Waals surface area (Å²) in [6.07, 6.45) is 4.78. The van der Waals surface area contributed by atoms with Crippen LogP contribution in [-0.4, -0.2) is 17.6 Å². The molecule has 0 saturated heterocycles. The molecule has 0 aliphatic heterocycles. The van der Waals surface area contributed by atoms with Crippen molar-refractivity contribution < 1.29 is 9.90 Å². The van der Waals surface area contributed by atoms with Gasteiger partial charge in [0, 0.05) is 6.42 Å². The van der Waals surface area contributed by atoms with Crippen molar-refractivity contribution in [1.82, 2.24) is 0 Å². The standard InChI is InChI=1S/C11H23NO2.ClH/c1-3-4-5-9(2)6-10(8-12)7-11(13)14;/h9-10H,3-8,12H2,1-2H3,(H,13,14);1H/t9-,10-;/m1./s1. The van der Waals surface area contributed by atoms with Crippen molar-refractivity contribution >= 4 is 18.4 Å². The Bertz CT molecular complexity index is 165. The molecule has 92 valence electrons. The number of hydrogen-bond acceptors (Lipinski definition) is 2. The highest BCUT2D eigenvalue weighted by molar-refractivity contribution is 5.85. The lowest BCUT2D eigenvalue weighted by molar-refractivity contribution is -0.138. The van der Waals surface area contributed by atoms with Gasteiger partial charge in [0.2, 0.25) is 0 Å². The summed E-state index contributed by atoms with van der Waals surface area (Å²) in [4.78, 5) is 10.5. The Morgan fingerprint density at radius 2 is 2.07 bits per heavy atom. The van der Waals surface area contributed by atoms with Gasteiger partial charge in [-0.25, -0.2) is 0 Å². The quantitative estimate of drug-likeness (QED) is 0.682. The smallest absolute Gasteiger partial charge is 0.303 e. The monoisotopic (exact) mass is 237 g/mol. The van der Waals surface area contributed by atoms with Gasteiger partial charge in [0.1, 0.15) is 0 Å². The lowest BCUT2D eigenvalue weighted by atomic mass is 9.90. The first-order valence-corrected chi connectivity index (χ1v) is 5.52. The summed E-state index contributed by atoms with van der Waals surface area (Å²) in [5.74, 6) is 0.0188. The number of carbonyl (C=O) groups is 1. The van der Waals surface area contributed by atoms with E-state index in [2.05, 4.69) is 13.8 Å². The van der Waals surface area contributed by atoms with E-state index >= 15 is 0 Å². The van der Waals surface area contributed by atoms with Crippen molar-refractivity contribution in [2.75, 3.05) is 6.54 Å². The van der Waals surface area contributed by atoms with Crippen molar-refractivity contribution in [2.45, 2.75) is 46.0 Å². The number of hydrogen-bond donors (Lipinski definition) is 2. The maximum atomic E-state index is 10.5.